The first-order valence-electron chi connectivity index (χ1n) is 3.31. The fraction of sp³-hybridized carbons (Fsp3) is 0.143. The van der Waals surface area contributed by atoms with Crippen LogP contribution in [0.15, 0.2) is 17.0 Å². The summed E-state index contributed by atoms with van der Waals surface area (Å²) in [4.78, 5) is -0.306. The fourth-order valence-electron chi connectivity index (χ4n) is 0.885. The molecule has 0 bridgehead atoms. The summed E-state index contributed by atoms with van der Waals surface area (Å²) in [7, 11) is -4.24. The second-order valence-corrected chi connectivity index (χ2v) is 4.38. The maximum atomic E-state index is 10.7. The summed E-state index contributed by atoms with van der Waals surface area (Å²) in [6, 6.07) is 2.22. The molecule has 0 spiro atoms. The van der Waals surface area contributed by atoms with Crippen LogP contribution in [-0.2, 0) is 10.1 Å². The topological polar surface area (TPSA) is 78.2 Å². The van der Waals surface area contributed by atoms with Crippen LogP contribution in [0.1, 0.15) is 5.56 Å². The highest BCUT2D eigenvalue weighted by molar-refractivity contribution is 7.85. The minimum absolute atomic E-state index is 0.116. The lowest BCUT2D eigenvalue weighted by atomic mass is 10.2. The predicted octanol–water partition coefficient (Wildman–Crippen LogP) is 1.81. The first-order valence-corrected chi connectivity index (χ1v) is 5.13. The van der Waals surface area contributed by atoms with Gasteiger partial charge >= 0.3 is 0 Å². The van der Waals surface area contributed by atoms with Crippen molar-refractivity contribution in [3.8, 4) is 0 Å². The summed E-state index contributed by atoms with van der Waals surface area (Å²) in [5, 5.41) is 0.187. The Balaban J connectivity index is 3.47. The molecule has 0 fully saturated rings. The van der Waals surface area contributed by atoms with Gasteiger partial charge in [0.15, 0.2) is 0 Å². The Bertz CT molecular complexity index is 418. The zero-order valence-electron chi connectivity index (χ0n) is 6.70. The summed E-state index contributed by atoms with van der Waals surface area (Å²) < 4.78 is 30.0. The maximum Gasteiger partial charge on any atom is 0.294 e. The zero-order chi connectivity index (χ0) is 10.2. The molecule has 1 aromatic carbocycles. The highest BCUT2D eigenvalue weighted by Crippen LogP contribution is 2.27. The van der Waals surface area contributed by atoms with Gasteiger partial charge in [0.1, 0.15) is 0 Å². The molecule has 0 aliphatic carbocycles. The lowest BCUT2D eigenvalue weighted by Crippen LogP contribution is -1.98. The molecule has 0 aromatic heterocycles. The van der Waals surface area contributed by atoms with Crippen LogP contribution in [0.4, 0.5) is 5.69 Å². The van der Waals surface area contributed by atoms with Crippen LogP contribution in [0.25, 0.3) is 0 Å². The average molecular weight is 221 g/mol. The number of rotatable bonds is 1. The number of aryl methyl sites for hydroxylation is 1. The van der Waals surface area contributed by atoms with Gasteiger partial charge in [0, 0.05) is 0 Å². The van der Waals surface area contributed by atoms with Gasteiger partial charge in [-0.2, -0.15) is 8.42 Å². The van der Waals surface area contributed by atoms with Gasteiger partial charge in [-0.1, -0.05) is 11.6 Å². The van der Waals surface area contributed by atoms with E-state index in [-0.39, 0.29) is 15.6 Å². The summed E-state index contributed by atoms with van der Waals surface area (Å²) in [5.41, 5.74) is 7.60. The van der Waals surface area contributed by atoms with Crippen LogP contribution in [0.3, 0.4) is 0 Å². The third-order valence-electron chi connectivity index (χ3n) is 1.53. The summed E-state index contributed by atoms with van der Waals surface area (Å²) in [6.07, 6.45) is 0. The van der Waals surface area contributed by atoms with Gasteiger partial charge in [0.2, 0.25) is 0 Å². The van der Waals surface area contributed by atoms with Gasteiger partial charge in [0.25, 0.3) is 10.1 Å². The predicted molar refractivity (Wildman–Crippen MR) is 48.8 cm³/mol. The van der Waals surface area contributed by atoms with Crippen LogP contribution in [0.2, 0.25) is 5.02 Å². The SMILES string of the molecule is Cc1cc(S(=O)(=O)O)cc([NH])c1Cl. The molecular formula is C7H7ClNO3S. The van der Waals surface area contributed by atoms with Crippen molar-refractivity contribution in [2.75, 3.05) is 0 Å². The van der Waals surface area contributed by atoms with Gasteiger partial charge < -0.3 is 0 Å². The molecule has 1 rings (SSSR count). The van der Waals surface area contributed by atoms with Crippen molar-refractivity contribution < 1.29 is 13.0 Å². The van der Waals surface area contributed by atoms with Gasteiger partial charge in [-0.25, -0.2) is 0 Å². The molecule has 1 radical (unpaired) electrons. The normalized spacial score (nSPS) is 11.6. The largest absolute Gasteiger partial charge is 0.299 e. The molecule has 2 N–H and O–H groups in total. The van der Waals surface area contributed by atoms with Crippen LogP contribution in [0.5, 0.6) is 0 Å². The van der Waals surface area contributed by atoms with E-state index in [1.807, 2.05) is 0 Å². The Morgan fingerprint density at radius 1 is 1.46 bits per heavy atom. The van der Waals surface area contributed by atoms with Crippen molar-refractivity contribution in [1.29, 1.82) is 0 Å². The summed E-state index contributed by atoms with van der Waals surface area (Å²) in [6.45, 7) is 1.56. The second kappa shape index (κ2) is 3.17. The van der Waals surface area contributed by atoms with E-state index in [4.69, 9.17) is 21.9 Å². The molecule has 0 unspecified atom stereocenters. The van der Waals surface area contributed by atoms with Gasteiger partial charge in [0.05, 0.1) is 15.6 Å². The molecule has 0 heterocycles. The quantitative estimate of drug-likeness (QED) is 0.733. The number of benzene rings is 1. The van der Waals surface area contributed by atoms with Gasteiger partial charge in [-0.05, 0) is 24.6 Å². The third-order valence-corrected chi connectivity index (χ3v) is 2.86. The fourth-order valence-corrected chi connectivity index (χ4v) is 1.59. The Morgan fingerprint density at radius 3 is 2.38 bits per heavy atom. The first-order chi connectivity index (χ1) is 5.82. The second-order valence-electron chi connectivity index (χ2n) is 2.58. The van der Waals surface area contributed by atoms with Crippen LogP contribution < -0.4 is 5.73 Å². The van der Waals surface area contributed by atoms with E-state index < -0.39 is 10.1 Å². The van der Waals surface area contributed by atoms with E-state index in [2.05, 4.69) is 0 Å². The molecule has 0 saturated carbocycles. The molecule has 0 aliphatic rings. The van der Waals surface area contributed by atoms with Crippen molar-refractivity contribution >= 4 is 27.4 Å². The zero-order valence-corrected chi connectivity index (χ0v) is 8.28. The molecule has 71 valence electrons. The summed E-state index contributed by atoms with van der Waals surface area (Å²) in [5.74, 6) is 0. The van der Waals surface area contributed by atoms with E-state index in [9.17, 15) is 8.42 Å². The van der Waals surface area contributed by atoms with Crippen molar-refractivity contribution in [1.82, 2.24) is 5.73 Å². The Morgan fingerprint density at radius 2 is 2.00 bits per heavy atom. The van der Waals surface area contributed by atoms with E-state index in [1.54, 1.807) is 6.92 Å². The lowest BCUT2D eigenvalue weighted by Gasteiger charge is -2.03. The highest BCUT2D eigenvalue weighted by atomic mass is 35.5. The molecule has 0 saturated heterocycles. The van der Waals surface area contributed by atoms with Crippen molar-refractivity contribution in [2.45, 2.75) is 11.8 Å². The molecule has 0 atom stereocenters. The van der Waals surface area contributed by atoms with Crippen molar-refractivity contribution in [3.05, 3.63) is 22.7 Å². The van der Waals surface area contributed by atoms with E-state index in [0.717, 1.165) is 6.07 Å². The van der Waals surface area contributed by atoms with Crippen LogP contribution >= 0.6 is 11.6 Å². The Kier molecular flexibility index (Phi) is 2.51. The van der Waals surface area contributed by atoms with E-state index in [0.29, 0.717) is 5.56 Å². The number of hydrogen-bond acceptors (Lipinski definition) is 2. The Hall–Kier alpha value is -0.780. The first kappa shape index (κ1) is 10.3. The number of halogens is 1. The smallest absolute Gasteiger partial charge is 0.294 e. The molecule has 0 amide bonds. The molecule has 13 heavy (non-hydrogen) atoms. The molecular weight excluding hydrogens is 214 g/mol. The molecule has 4 nitrogen and oxygen atoms in total. The molecule has 0 aliphatic heterocycles. The van der Waals surface area contributed by atoms with Gasteiger partial charge in [-0.3, -0.25) is 10.3 Å². The van der Waals surface area contributed by atoms with Crippen molar-refractivity contribution in [2.24, 2.45) is 0 Å². The molecule has 6 heteroatoms. The number of hydrogen-bond donors (Lipinski definition) is 1. The van der Waals surface area contributed by atoms with E-state index >= 15 is 0 Å². The van der Waals surface area contributed by atoms with E-state index in [1.165, 1.54) is 6.07 Å². The van der Waals surface area contributed by atoms with Crippen LogP contribution in [-0.4, -0.2) is 13.0 Å². The van der Waals surface area contributed by atoms with Crippen LogP contribution in [0, 0.1) is 6.92 Å². The minimum atomic E-state index is -4.24. The monoisotopic (exact) mass is 220 g/mol. The standard InChI is InChI=1S/C7H7ClNO3S/c1-4-2-5(13(10,11)12)3-6(9)7(4)8/h2-3,9H,1H3,(H,10,11,12). The van der Waals surface area contributed by atoms with Crippen molar-refractivity contribution in [3.63, 3.8) is 0 Å². The third kappa shape index (κ3) is 2.12. The minimum Gasteiger partial charge on any atom is -0.299 e. The highest BCUT2D eigenvalue weighted by Gasteiger charge is 2.13. The lowest BCUT2D eigenvalue weighted by molar-refractivity contribution is 0.483. The molecule has 1 aromatic rings. The van der Waals surface area contributed by atoms with Gasteiger partial charge in [-0.15, -0.1) is 0 Å². The number of nitrogens with one attached hydrogen (secondary N) is 1. The Labute approximate surface area is 81.1 Å². The average Bonchev–Trinajstić information content (AvgIpc) is 1.97. The maximum absolute atomic E-state index is 10.7. The summed E-state index contributed by atoms with van der Waals surface area (Å²) >= 11 is 5.64.